The Morgan fingerprint density at radius 1 is 1.10 bits per heavy atom. The predicted octanol–water partition coefficient (Wildman–Crippen LogP) is 4.91. The highest BCUT2D eigenvalue weighted by Crippen LogP contribution is 2.43. The van der Waals surface area contributed by atoms with Gasteiger partial charge in [-0.2, -0.15) is 0 Å². The number of nitrogens with zero attached hydrogens (tertiary/aromatic N) is 2. The van der Waals surface area contributed by atoms with Crippen LogP contribution in [0, 0.1) is 6.92 Å². The van der Waals surface area contributed by atoms with E-state index < -0.39 is 0 Å². The Morgan fingerprint density at radius 3 is 2.71 bits per heavy atom. The summed E-state index contributed by atoms with van der Waals surface area (Å²) < 4.78 is 12.0. The Hall–Kier alpha value is -3.70. The minimum Gasteiger partial charge on any atom is -0.477 e. The molecule has 0 amide bonds. The average molecular weight is 410 g/mol. The molecule has 0 saturated heterocycles. The van der Waals surface area contributed by atoms with Crippen LogP contribution in [-0.2, 0) is 13.1 Å². The summed E-state index contributed by atoms with van der Waals surface area (Å²) in [5.41, 5.74) is 4.73. The Labute approximate surface area is 181 Å². The second-order valence-electron chi connectivity index (χ2n) is 7.71. The Morgan fingerprint density at radius 2 is 1.90 bits per heavy atom. The number of ether oxygens (including phenoxy) is 2. The van der Waals surface area contributed by atoms with E-state index in [1.54, 1.807) is 18.5 Å². The average Bonchev–Trinajstić information content (AvgIpc) is 3.11. The van der Waals surface area contributed by atoms with Crippen LogP contribution in [0.25, 0.3) is 6.08 Å². The lowest BCUT2D eigenvalue weighted by molar-refractivity contribution is 0.0876. The molecule has 5 nitrogen and oxygen atoms in total. The summed E-state index contributed by atoms with van der Waals surface area (Å²) in [7, 11) is 0. The van der Waals surface area contributed by atoms with Crippen molar-refractivity contribution < 1.29 is 14.3 Å². The first-order valence-corrected chi connectivity index (χ1v) is 10.3. The van der Waals surface area contributed by atoms with Crippen LogP contribution < -0.4 is 9.47 Å². The molecule has 2 aliphatic rings. The SMILES string of the molecule is Cc1c2c(cc3c1O/C(=C\C=C\c1ccccc1)C3=O)CN(Cc1ccncc1)CO2. The van der Waals surface area contributed by atoms with Crippen molar-refractivity contribution in [2.75, 3.05) is 6.73 Å². The fourth-order valence-corrected chi connectivity index (χ4v) is 3.97. The van der Waals surface area contributed by atoms with Crippen LogP contribution in [-0.4, -0.2) is 22.4 Å². The fraction of sp³-hybridized carbons (Fsp3) is 0.154. The lowest BCUT2D eigenvalue weighted by Crippen LogP contribution is -2.32. The maximum absolute atomic E-state index is 13.0. The molecule has 5 heteroatoms. The van der Waals surface area contributed by atoms with Crippen molar-refractivity contribution in [3.63, 3.8) is 0 Å². The lowest BCUT2D eigenvalue weighted by atomic mass is 10.00. The molecular weight excluding hydrogens is 388 g/mol. The van der Waals surface area contributed by atoms with Gasteiger partial charge in [-0.15, -0.1) is 0 Å². The lowest BCUT2D eigenvalue weighted by Gasteiger charge is -2.30. The van der Waals surface area contributed by atoms with E-state index >= 15 is 0 Å². The first kappa shape index (κ1) is 19.3. The van der Waals surface area contributed by atoms with Crippen molar-refractivity contribution in [1.29, 1.82) is 0 Å². The summed E-state index contributed by atoms with van der Waals surface area (Å²) in [6.07, 6.45) is 9.11. The molecule has 0 fully saturated rings. The second-order valence-corrected chi connectivity index (χ2v) is 7.71. The Balaban J connectivity index is 1.37. The van der Waals surface area contributed by atoms with Crippen molar-refractivity contribution in [1.82, 2.24) is 9.88 Å². The molecular formula is C26H22N2O3. The van der Waals surface area contributed by atoms with Gasteiger partial charge in [0.1, 0.15) is 18.2 Å². The van der Waals surface area contributed by atoms with Gasteiger partial charge in [-0.3, -0.25) is 14.7 Å². The zero-order chi connectivity index (χ0) is 21.2. The maximum Gasteiger partial charge on any atom is 0.231 e. The highest BCUT2D eigenvalue weighted by Gasteiger charge is 2.33. The van der Waals surface area contributed by atoms with E-state index in [2.05, 4.69) is 9.88 Å². The minimum absolute atomic E-state index is 0.0927. The van der Waals surface area contributed by atoms with E-state index in [1.165, 1.54) is 5.56 Å². The molecule has 0 spiro atoms. The summed E-state index contributed by atoms with van der Waals surface area (Å²) in [5, 5.41) is 0. The molecule has 31 heavy (non-hydrogen) atoms. The van der Waals surface area contributed by atoms with Gasteiger partial charge in [0.15, 0.2) is 5.76 Å². The smallest absolute Gasteiger partial charge is 0.231 e. The number of rotatable bonds is 4. The van der Waals surface area contributed by atoms with Gasteiger partial charge < -0.3 is 9.47 Å². The number of pyridine rings is 1. The van der Waals surface area contributed by atoms with Crippen molar-refractivity contribution in [2.24, 2.45) is 0 Å². The first-order valence-electron chi connectivity index (χ1n) is 10.3. The van der Waals surface area contributed by atoms with Gasteiger partial charge in [-0.05, 0) is 42.3 Å². The molecule has 0 bridgehead atoms. The number of benzene rings is 2. The predicted molar refractivity (Wildman–Crippen MR) is 119 cm³/mol. The molecule has 154 valence electrons. The molecule has 3 heterocycles. The van der Waals surface area contributed by atoms with E-state index in [0.717, 1.165) is 29.0 Å². The molecule has 0 unspecified atom stereocenters. The molecule has 3 aromatic rings. The molecule has 5 rings (SSSR count). The van der Waals surface area contributed by atoms with E-state index in [0.29, 0.717) is 30.3 Å². The number of carbonyl (C=O) groups is 1. The number of allylic oxidation sites excluding steroid dienone is 3. The minimum atomic E-state index is -0.0927. The summed E-state index contributed by atoms with van der Waals surface area (Å²) in [6.45, 7) is 3.92. The molecule has 0 atom stereocenters. The topological polar surface area (TPSA) is 51.7 Å². The Bertz CT molecular complexity index is 1180. The van der Waals surface area contributed by atoms with Crippen LogP contribution in [0.2, 0.25) is 0 Å². The number of ketones is 1. The molecule has 0 N–H and O–H groups in total. The van der Waals surface area contributed by atoms with Gasteiger partial charge in [0.2, 0.25) is 5.78 Å². The van der Waals surface area contributed by atoms with Crippen molar-refractivity contribution >= 4 is 11.9 Å². The van der Waals surface area contributed by atoms with E-state index in [9.17, 15) is 4.79 Å². The van der Waals surface area contributed by atoms with Crippen molar-refractivity contribution in [3.05, 3.63) is 107 Å². The summed E-state index contributed by atoms with van der Waals surface area (Å²) in [6, 6.07) is 15.9. The molecule has 2 aromatic carbocycles. The van der Waals surface area contributed by atoms with Crippen molar-refractivity contribution in [3.8, 4) is 11.5 Å². The molecule has 1 aromatic heterocycles. The fourth-order valence-electron chi connectivity index (χ4n) is 3.97. The van der Waals surface area contributed by atoms with Crippen LogP contribution >= 0.6 is 0 Å². The summed E-state index contributed by atoms with van der Waals surface area (Å²) >= 11 is 0. The van der Waals surface area contributed by atoms with Crippen LogP contribution in [0.1, 0.15) is 32.6 Å². The van der Waals surface area contributed by atoms with Crippen LogP contribution in [0.4, 0.5) is 0 Å². The molecule has 0 saturated carbocycles. The monoisotopic (exact) mass is 410 g/mol. The number of carbonyl (C=O) groups excluding carboxylic acids is 1. The van der Waals surface area contributed by atoms with Gasteiger partial charge >= 0.3 is 0 Å². The van der Waals surface area contributed by atoms with E-state index in [4.69, 9.17) is 9.47 Å². The third-order valence-corrected chi connectivity index (χ3v) is 5.49. The van der Waals surface area contributed by atoms with Gasteiger partial charge in [0.05, 0.1) is 5.56 Å². The molecule has 0 radical (unpaired) electrons. The van der Waals surface area contributed by atoms with Crippen molar-refractivity contribution in [2.45, 2.75) is 20.0 Å². The quantitative estimate of drug-likeness (QED) is 0.572. The van der Waals surface area contributed by atoms with Gasteiger partial charge in [0.25, 0.3) is 0 Å². The van der Waals surface area contributed by atoms with E-state index in [1.807, 2.05) is 67.6 Å². The zero-order valence-corrected chi connectivity index (χ0v) is 17.2. The van der Waals surface area contributed by atoms with Crippen LogP contribution in [0.5, 0.6) is 11.5 Å². The van der Waals surface area contributed by atoms with E-state index in [-0.39, 0.29) is 5.78 Å². The molecule has 0 aliphatic carbocycles. The number of fused-ring (bicyclic) bond motifs is 2. The normalized spacial score (nSPS) is 16.8. The maximum atomic E-state index is 13.0. The third-order valence-electron chi connectivity index (χ3n) is 5.49. The Kier molecular flexibility index (Phi) is 5.10. The number of aromatic nitrogens is 1. The summed E-state index contributed by atoms with van der Waals surface area (Å²) in [4.78, 5) is 19.2. The number of Topliss-reactive ketones (excluding diaryl/α,β-unsaturated/α-hetero) is 1. The number of hydrogen-bond donors (Lipinski definition) is 0. The van der Waals surface area contributed by atoms with Gasteiger partial charge in [-0.25, -0.2) is 0 Å². The highest BCUT2D eigenvalue weighted by molar-refractivity contribution is 6.13. The highest BCUT2D eigenvalue weighted by atomic mass is 16.5. The largest absolute Gasteiger partial charge is 0.477 e. The van der Waals surface area contributed by atoms with Gasteiger partial charge in [-0.1, -0.05) is 42.5 Å². The summed E-state index contributed by atoms with van der Waals surface area (Å²) in [5.74, 6) is 1.66. The molecule has 2 aliphatic heterocycles. The second kappa shape index (κ2) is 8.20. The van der Waals surface area contributed by atoms with Crippen LogP contribution in [0.15, 0.2) is 78.8 Å². The number of hydrogen-bond acceptors (Lipinski definition) is 5. The third kappa shape index (κ3) is 3.88. The van der Waals surface area contributed by atoms with Crippen LogP contribution in [0.3, 0.4) is 0 Å². The first-order chi connectivity index (χ1) is 15.2. The van der Waals surface area contributed by atoms with Gasteiger partial charge in [0, 0.05) is 36.6 Å². The standard InChI is InChI=1S/C26H22N2O3/c1-18-25-21(16-28(17-30-25)15-20-10-12-27-13-11-20)14-22-24(29)23(31-26(18)22)9-5-8-19-6-3-2-4-7-19/h2-14H,15-17H2,1H3/b8-5+,23-9-. The zero-order valence-electron chi connectivity index (χ0n) is 17.2.